The van der Waals surface area contributed by atoms with Crippen molar-refractivity contribution in [3.05, 3.63) is 48.0 Å². The average molecular weight is 337 g/mol. The van der Waals surface area contributed by atoms with E-state index in [-0.39, 0.29) is 24.4 Å². The Labute approximate surface area is 147 Å². The molecule has 0 saturated heterocycles. The molecule has 1 heterocycles. The Bertz CT molecular complexity index is 799. The van der Waals surface area contributed by atoms with E-state index in [0.717, 1.165) is 35.3 Å². The van der Waals surface area contributed by atoms with Crippen molar-refractivity contribution in [2.24, 2.45) is 5.73 Å². The van der Waals surface area contributed by atoms with E-state index in [1.54, 1.807) is 6.92 Å². The van der Waals surface area contributed by atoms with Gasteiger partial charge < -0.3 is 16.0 Å². The molecule has 2 aromatic rings. The first-order valence-electron chi connectivity index (χ1n) is 8.52. The van der Waals surface area contributed by atoms with Crippen molar-refractivity contribution < 1.29 is 9.59 Å². The predicted molar refractivity (Wildman–Crippen MR) is 101 cm³/mol. The van der Waals surface area contributed by atoms with Crippen molar-refractivity contribution in [1.29, 1.82) is 0 Å². The Hall–Kier alpha value is -2.66. The third-order valence-electron chi connectivity index (χ3n) is 4.64. The maximum atomic E-state index is 12.0. The monoisotopic (exact) mass is 337 g/mol. The summed E-state index contributed by atoms with van der Waals surface area (Å²) in [6.45, 7) is 3.68. The van der Waals surface area contributed by atoms with E-state index in [9.17, 15) is 9.59 Å². The highest BCUT2D eigenvalue weighted by molar-refractivity contribution is 5.94. The largest absolute Gasteiger partial charge is 0.325 e. The molecule has 2 amide bonds. The van der Waals surface area contributed by atoms with Crippen LogP contribution in [0.2, 0.25) is 0 Å². The molecule has 0 aromatic heterocycles. The molecule has 5 nitrogen and oxygen atoms in total. The molecule has 1 aliphatic heterocycles. The third kappa shape index (κ3) is 3.56. The molecule has 0 bridgehead atoms. The Morgan fingerprint density at radius 2 is 1.84 bits per heavy atom. The van der Waals surface area contributed by atoms with Crippen LogP contribution in [-0.4, -0.2) is 24.4 Å². The number of benzene rings is 2. The lowest BCUT2D eigenvalue weighted by Gasteiger charge is -2.34. The minimum Gasteiger partial charge on any atom is -0.325 e. The maximum absolute atomic E-state index is 12.0. The SMILES string of the molecule is CC(=O)N1c2ccc(-c3ccc(NC(=O)CN)cc3)cc2CC[C@@H]1C. The van der Waals surface area contributed by atoms with Crippen molar-refractivity contribution >= 4 is 23.2 Å². The van der Waals surface area contributed by atoms with Crippen molar-refractivity contribution in [1.82, 2.24) is 0 Å². The number of hydrogen-bond donors (Lipinski definition) is 2. The highest BCUT2D eigenvalue weighted by Gasteiger charge is 2.26. The van der Waals surface area contributed by atoms with Gasteiger partial charge in [-0.15, -0.1) is 0 Å². The van der Waals surface area contributed by atoms with Crippen molar-refractivity contribution in [2.75, 3.05) is 16.8 Å². The molecule has 0 radical (unpaired) electrons. The van der Waals surface area contributed by atoms with Crippen LogP contribution in [0.5, 0.6) is 0 Å². The van der Waals surface area contributed by atoms with Gasteiger partial charge in [0.25, 0.3) is 0 Å². The fourth-order valence-corrected chi connectivity index (χ4v) is 3.37. The van der Waals surface area contributed by atoms with E-state index in [2.05, 4.69) is 18.3 Å². The fraction of sp³-hybridized carbons (Fsp3) is 0.300. The van der Waals surface area contributed by atoms with Gasteiger partial charge in [0.05, 0.1) is 6.54 Å². The molecule has 0 fully saturated rings. The molecule has 130 valence electrons. The number of amides is 2. The van der Waals surface area contributed by atoms with Crippen LogP contribution < -0.4 is 16.0 Å². The number of nitrogens with zero attached hydrogens (tertiary/aromatic N) is 1. The minimum absolute atomic E-state index is 0.0301. The van der Waals surface area contributed by atoms with Crippen molar-refractivity contribution in [3.8, 4) is 11.1 Å². The number of carbonyl (C=O) groups is 2. The molecule has 0 unspecified atom stereocenters. The summed E-state index contributed by atoms with van der Waals surface area (Å²) < 4.78 is 0. The van der Waals surface area contributed by atoms with Crippen LogP contribution in [-0.2, 0) is 16.0 Å². The number of carbonyl (C=O) groups excluding carboxylic acids is 2. The molecular formula is C20H23N3O2. The lowest BCUT2D eigenvalue weighted by Crippen LogP contribution is -2.40. The van der Waals surface area contributed by atoms with Crippen molar-refractivity contribution in [2.45, 2.75) is 32.7 Å². The molecule has 2 aromatic carbocycles. The van der Waals surface area contributed by atoms with Crippen LogP contribution >= 0.6 is 0 Å². The summed E-state index contributed by atoms with van der Waals surface area (Å²) in [7, 11) is 0. The standard InChI is InChI=1S/C20H23N3O2/c1-13-3-4-17-11-16(7-10-19(17)23(13)14(2)24)15-5-8-18(9-6-15)22-20(25)12-21/h5-11,13H,3-4,12,21H2,1-2H3,(H,22,25)/t13-/m0/s1. The van der Waals surface area contributed by atoms with Gasteiger partial charge in [0, 0.05) is 24.3 Å². The van der Waals surface area contributed by atoms with Gasteiger partial charge in [-0.25, -0.2) is 0 Å². The van der Waals surface area contributed by atoms with Gasteiger partial charge in [0.2, 0.25) is 11.8 Å². The van der Waals surface area contributed by atoms with E-state index >= 15 is 0 Å². The smallest absolute Gasteiger partial charge is 0.238 e. The molecular weight excluding hydrogens is 314 g/mol. The number of hydrogen-bond acceptors (Lipinski definition) is 3. The molecule has 25 heavy (non-hydrogen) atoms. The zero-order chi connectivity index (χ0) is 18.0. The van der Waals surface area contributed by atoms with Gasteiger partial charge in [0.15, 0.2) is 0 Å². The Balaban J connectivity index is 1.87. The average Bonchev–Trinajstić information content (AvgIpc) is 2.61. The topological polar surface area (TPSA) is 75.4 Å². The molecule has 3 N–H and O–H groups in total. The van der Waals surface area contributed by atoms with Gasteiger partial charge >= 0.3 is 0 Å². The quantitative estimate of drug-likeness (QED) is 0.904. The normalized spacial score (nSPS) is 16.3. The molecule has 0 spiro atoms. The van der Waals surface area contributed by atoms with Gasteiger partial charge in [-0.1, -0.05) is 18.2 Å². The summed E-state index contributed by atoms with van der Waals surface area (Å²) in [6.07, 6.45) is 1.94. The number of fused-ring (bicyclic) bond motifs is 1. The number of rotatable bonds is 3. The van der Waals surface area contributed by atoms with Crippen molar-refractivity contribution in [3.63, 3.8) is 0 Å². The molecule has 1 aliphatic rings. The first-order chi connectivity index (χ1) is 12.0. The second kappa shape index (κ2) is 7.07. The molecule has 1 atom stereocenters. The molecule has 3 rings (SSSR count). The highest BCUT2D eigenvalue weighted by atomic mass is 16.2. The molecule has 0 aliphatic carbocycles. The number of anilines is 2. The van der Waals surface area contributed by atoms with Gasteiger partial charge in [-0.05, 0) is 60.7 Å². The fourth-order valence-electron chi connectivity index (χ4n) is 3.37. The van der Waals surface area contributed by atoms with E-state index in [4.69, 9.17) is 5.73 Å². The van der Waals surface area contributed by atoms with Crippen LogP contribution in [0.15, 0.2) is 42.5 Å². The van der Waals surface area contributed by atoms with Crippen LogP contribution in [0, 0.1) is 0 Å². The lowest BCUT2D eigenvalue weighted by molar-refractivity contribution is -0.117. The Morgan fingerprint density at radius 1 is 1.16 bits per heavy atom. The van der Waals surface area contributed by atoms with Crippen LogP contribution in [0.1, 0.15) is 25.8 Å². The summed E-state index contributed by atoms with van der Waals surface area (Å²) in [4.78, 5) is 25.2. The summed E-state index contributed by atoms with van der Waals surface area (Å²) in [5.74, 6) is -0.124. The van der Waals surface area contributed by atoms with Gasteiger partial charge in [0.1, 0.15) is 0 Å². The van der Waals surface area contributed by atoms with Crippen LogP contribution in [0.3, 0.4) is 0 Å². The van der Waals surface area contributed by atoms with Gasteiger partial charge in [-0.2, -0.15) is 0 Å². The molecule has 5 heteroatoms. The Morgan fingerprint density at radius 3 is 2.48 bits per heavy atom. The first kappa shape index (κ1) is 17.2. The van der Waals surface area contributed by atoms with E-state index in [1.165, 1.54) is 5.56 Å². The summed E-state index contributed by atoms with van der Waals surface area (Å²) >= 11 is 0. The predicted octanol–water partition coefficient (Wildman–Crippen LogP) is 2.94. The summed E-state index contributed by atoms with van der Waals surface area (Å²) in [5, 5.41) is 2.74. The van der Waals surface area contributed by atoms with Gasteiger partial charge in [-0.3, -0.25) is 9.59 Å². The number of aryl methyl sites for hydroxylation is 1. The number of nitrogens with one attached hydrogen (secondary N) is 1. The molecule has 0 saturated carbocycles. The van der Waals surface area contributed by atoms with E-state index in [0.29, 0.717) is 0 Å². The third-order valence-corrected chi connectivity index (χ3v) is 4.64. The second-order valence-corrected chi connectivity index (χ2v) is 6.45. The highest BCUT2D eigenvalue weighted by Crippen LogP contribution is 2.34. The van der Waals surface area contributed by atoms with Crippen LogP contribution in [0.4, 0.5) is 11.4 Å². The Kier molecular flexibility index (Phi) is 4.86. The maximum Gasteiger partial charge on any atom is 0.238 e. The summed E-state index contributed by atoms with van der Waals surface area (Å²) in [6, 6.07) is 14.2. The zero-order valence-electron chi connectivity index (χ0n) is 14.6. The first-order valence-corrected chi connectivity index (χ1v) is 8.52. The lowest BCUT2D eigenvalue weighted by atomic mass is 9.93. The summed E-state index contributed by atoms with van der Waals surface area (Å²) in [5.41, 5.74) is 10.4. The van der Waals surface area contributed by atoms with Crippen LogP contribution in [0.25, 0.3) is 11.1 Å². The number of nitrogens with two attached hydrogens (primary N) is 1. The minimum atomic E-state index is -0.208. The second-order valence-electron chi connectivity index (χ2n) is 6.45. The zero-order valence-corrected chi connectivity index (χ0v) is 14.6. The van der Waals surface area contributed by atoms with E-state index < -0.39 is 0 Å². The van der Waals surface area contributed by atoms with E-state index in [1.807, 2.05) is 41.3 Å².